The molecule has 0 radical (unpaired) electrons. The van der Waals surface area contributed by atoms with Crippen molar-refractivity contribution in [3.63, 3.8) is 0 Å². The summed E-state index contributed by atoms with van der Waals surface area (Å²) in [6.07, 6.45) is 2.03. The molecule has 0 aromatic heterocycles. The zero-order chi connectivity index (χ0) is 14.5. The van der Waals surface area contributed by atoms with Gasteiger partial charge in [0.05, 0.1) is 4.92 Å². The summed E-state index contributed by atoms with van der Waals surface area (Å²) in [6, 6.07) is 6.16. The maximum absolute atomic E-state index is 10.6. The average molecular weight is 295 g/mol. The van der Waals surface area contributed by atoms with Crippen LogP contribution in [-0.2, 0) is 0 Å². The smallest absolute Gasteiger partial charge is 0.269 e. The van der Waals surface area contributed by atoms with Crippen molar-refractivity contribution in [3.05, 3.63) is 34.4 Å². The van der Waals surface area contributed by atoms with Gasteiger partial charge < -0.3 is 15.3 Å². The van der Waals surface area contributed by atoms with Gasteiger partial charge in [-0.15, -0.1) is 0 Å². The number of hydrogen-bond acceptors (Lipinski definition) is 4. The highest BCUT2D eigenvalue weighted by molar-refractivity contribution is 7.80. The van der Waals surface area contributed by atoms with Crippen LogP contribution in [0.1, 0.15) is 12.8 Å². The van der Waals surface area contributed by atoms with E-state index in [4.69, 9.17) is 12.2 Å². The Bertz CT molecular complexity index is 492. The Kier molecular flexibility index (Phi) is 4.86. The van der Waals surface area contributed by atoms with Gasteiger partial charge in [0.1, 0.15) is 0 Å². The number of hydrogen-bond donors (Lipinski definition) is 2. The largest absolute Gasteiger partial charge is 0.396 e. The Balaban J connectivity index is 1.95. The van der Waals surface area contributed by atoms with Gasteiger partial charge in [-0.3, -0.25) is 10.1 Å². The quantitative estimate of drug-likeness (QED) is 0.504. The molecule has 6 nitrogen and oxygen atoms in total. The molecule has 1 aromatic carbocycles. The number of nitrogens with one attached hydrogen (secondary N) is 1. The number of rotatable bonds is 3. The molecule has 1 aliphatic rings. The first-order chi connectivity index (χ1) is 9.60. The normalized spacial score (nSPS) is 18.6. The van der Waals surface area contributed by atoms with E-state index in [9.17, 15) is 15.2 Å². The van der Waals surface area contributed by atoms with Crippen LogP contribution in [0.3, 0.4) is 0 Å². The van der Waals surface area contributed by atoms with E-state index in [1.54, 1.807) is 12.1 Å². The molecule has 0 amide bonds. The number of aliphatic hydroxyl groups excluding tert-OH is 1. The molecule has 1 aromatic rings. The van der Waals surface area contributed by atoms with Gasteiger partial charge in [0, 0.05) is 37.5 Å². The molecule has 0 aliphatic carbocycles. The maximum atomic E-state index is 10.6. The number of nitro benzene ring substituents is 1. The van der Waals surface area contributed by atoms with Crippen molar-refractivity contribution in [2.45, 2.75) is 12.8 Å². The van der Waals surface area contributed by atoms with Gasteiger partial charge in [0.15, 0.2) is 5.11 Å². The number of thiocarbonyl (C=S) groups is 1. The number of nitrogens with zero attached hydrogens (tertiary/aromatic N) is 2. The summed E-state index contributed by atoms with van der Waals surface area (Å²) >= 11 is 5.34. The zero-order valence-electron chi connectivity index (χ0n) is 11.0. The standard InChI is InChI=1S/C13H17N3O3S/c17-9-10-2-1-7-15(8-10)13(20)14-11-3-5-12(6-4-11)16(18)19/h3-6,10,17H,1-2,7-9H2,(H,14,20)/t10-/m1/s1. The summed E-state index contributed by atoms with van der Waals surface area (Å²) in [5, 5.41) is 23.5. The molecule has 108 valence electrons. The Morgan fingerprint density at radius 1 is 1.50 bits per heavy atom. The number of nitro groups is 1. The van der Waals surface area contributed by atoms with E-state index in [-0.39, 0.29) is 18.2 Å². The molecule has 1 atom stereocenters. The van der Waals surface area contributed by atoms with Crippen molar-refractivity contribution in [2.24, 2.45) is 5.92 Å². The minimum atomic E-state index is -0.432. The third kappa shape index (κ3) is 3.64. The maximum Gasteiger partial charge on any atom is 0.269 e. The SMILES string of the molecule is O=[N+]([O-])c1ccc(NC(=S)N2CCC[C@@H](CO)C2)cc1. The Morgan fingerprint density at radius 2 is 2.20 bits per heavy atom. The predicted molar refractivity (Wildman–Crippen MR) is 80.7 cm³/mol. The molecule has 0 bridgehead atoms. The number of anilines is 1. The van der Waals surface area contributed by atoms with Gasteiger partial charge in [-0.1, -0.05) is 0 Å². The molecule has 0 unspecified atom stereocenters. The highest BCUT2D eigenvalue weighted by atomic mass is 32.1. The number of benzene rings is 1. The topological polar surface area (TPSA) is 78.6 Å². The molecule has 2 N–H and O–H groups in total. The first kappa shape index (κ1) is 14.7. The summed E-state index contributed by atoms with van der Waals surface area (Å²) in [5.74, 6) is 0.264. The molecule has 20 heavy (non-hydrogen) atoms. The molecular formula is C13H17N3O3S. The molecule has 0 saturated carbocycles. The molecule has 1 heterocycles. The lowest BCUT2D eigenvalue weighted by atomic mass is 9.99. The minimum Gasteiger partial charge on any atom is -0.396 e. The van der Waals surface area contributed by atoms with E-state index in [2.05, 4.69) is 5.32 Å². The second-order valence-electron chi connectivity index (χ2n) is 4.87. The predicted octanol–water partition coefficient (Wildman–Crippen LogP) is 2.00. The van der Waals surface area contributed by atoms with Gasteiger partial charge in [-0.05, 0) is 43.1 Å². The lowest BCUT2D eigenvalue weighted by Crippen LogP contribution is -2.43. The van der Waals surface area contributed by atoms with Crippen LogP contribution in [-0.4, -0.2) is 39.7 Å². The Hall–Kier alpha value is -1.73. The Labute approximate surface area is 122 Å². The number of likely N-dealkylation sites (tertiary alicyclic amines) is 1. The number of non-ortho nitro benzene ring substituents is 1. The van der Waals surface area contributed by atoms with Crippen LogP contribution in [0.4, 0.5) is 11.4 Å². The third-order valence-corrected chi connectivity index (χ3v) is 3.75. The second-order valence-corrected chi connectivity index (χ2v) is 5.26. The van der Waals surface area contributed by atoms with Crippen LogP contribution < -0.4 is 5.32 Å². The number of piperidine rings is 1. The molecule has 1 fully saturated rings. The Morgan fingerprint density at radius 3 is 2.80 bits per heavy atom. The summed E-state index contributed by atoms with van der Waals surface area (Å²) < 4.78 is 0. The van der Waals surface area contributed by atoms with E-state index < -0.39 is 4.92 Å². The molecule has 0 spiro atoms. The van der Waals surface area contributed by atoms with E-state index in [1.807, 2.05) is 4.90 Å². The van der Waals surface area contributed by atoms with Crippen LogP contribution in [0.5, 0.6) is 0 Å². The van der Waals surface area contributed by atoms with Crippen molar-refractivity contribution in [1.82, 2.24) is 4.90 Å². The first-order valence-corrected chi connectivity index (χ1v) is 6.92. The van der Waals surface area contributed by atoms with Gasteiger partial charge >= 0.3 is 0 Å². The average Bonchev–Trinajstić information content (AvgIpc) is 2.47. The van der Waals surface area contributed by atoms with Crippen LogP contribution in [0, 0.1) is 16.0 Å². The lowest BCUT2D eigenvalue weighted by Gasteiger charge is -2.33. The monoisotopic (exact) mass is 295 g/mol. The molecule has 1 saturated heterocycles. The van der Waals surface area contributed by atoms with Crippen molar-refractivity contribution in [1.29, 1.82) is 0 Å². The fraction of sp³-hybridized carbons (Fsp3) is 0.462. The first-order valence-electron chi connectivity index (χ1n) is 6.51. The summed E-state index contributed by atoms with van der Waals surface area (Å²) in [5.41, 5.74) is 0.784. The van der Waals surface area contributed by atoms with Crippen LogP contribution in [0.25, 0.3) is 0 Å². The number of aliphatic hydroxyl groups is 1. The molecular weight excluding hydrogens is 278 g/mol. The summed E-state index contributed by atoms with van der Waals surface area (Å²) in [6.45, 7) is 1.79. The fourth-order valence-electron chi connectivity index (χ4n) is 2.27. The van der Waals surface area contributed by atoms with Gasteiger partial charge in [-0.2, -0.15) is 0 Å². The van der Waals surface area contributed by atoms with Crippen LogP contribution in [0.2, 0.25) is 0 Å². The second kappa shape index (κ2) is 6.62. The van der Waals surface area contributed by atoms with Crippen molar-refractivity contribution < 1.29 is 10.0 Å². The summed E-state index contributed by atoms with van der Waals surface area (Å²) in [7, 11) is 0. The third-order valence-electron chi connectivity index (χ3n) is 3.39. The zero-order valence-corrected chi connectivity index (χ0v) is 11.8. The fourth-order valence-corrected chi connectivity index (χ4v) is 2.55. The van der Waals surface area contributed by atoms with Gasteiger partial charge in [0.2, 0.25) is 0 Å². The van der Waals surface area contributed by atoms with Crippen molar-refractivity contribution in [2.75, 3.05) is 25.0 Å². The molecule has 2 rings (SSSR count). The van der Waals surface area contributed by atoms with Crippen molar-refractivity contribution in [3.8, 4) is 0 Å². The van der Waals surface area contributed by atoms with Crippen molar-refractivity contribution >= 4 is 28.7 Å². The van der Waals surface area contributed by atoms with E-state index in [1.165, 1.54) is 12.1 Å². The molecule has 7 heteroatoms. The van der Waals surface area contributed by atoms with Gasteiger partial charge in [-0.25, -0.2) is 0 Å². The molecule has 1 aliphatic heterocycles. The van der Waals surface area contributed by atoms with Gasteiger partial charge in [0.25, 0.3) is 5.69 Å². The minimum absolute atomic E-state index is 0.0554. The highest BCUT2D eigenvalue weighted by Gasteiger charge is 2.21. The van der Waals surface area contributed by atoms with E-state index >= 15 is 0 Å². The lowest BCUT2D eigenvalue weighted by molar-refractivity contribution is -0.384. The van der Waals surface area contributed by atoms with Crippen LogP contribution in [0.15, 0.2) is 24.3 Å². The summed E-state index contributed by atoms with van der Waals surface area (Å²) in [4.78, 5) is 12.2. The van der Waals surface area contributed by atoms with Crippen LogP contribution >= 0.6 is 12.2 Å². The van der Waals surface area contributed by atoms with E-state index in [0.29, 0.717) is 5.11 Å². The van der Waals surface area contributed by atoms with E-state index in [0.717, 1.165) is 31.6 Å². The highest BCUT2D eigenvalue weighted by Crippen LogP contribution is 2.19.